The minimum absolute atomic E-state index is 0.0130. The lowest BCUT2D eigenvalue weighted by Crippen LogP contribution is -2.57. The van der Waals surface area contributed by atoms with Gasteiger partial charge in [0.05, 0.1) is 6.61 Å². The van der Waals surface area contributed by atoms with Crippen LogP contribution in [0.5, 0.6) is 0 Å². The summed E-state index contributed by atoms with van der Waals surface area (Å²) in [7, 11) is 3.27. The molecule has 0 bridgehead atoms. The number of aromatic nitrogens is 2. The summed E-state index contributed by atoms with van der Waals surface area (Å²) < 4.78 is 9.98. The van der Waals surface area contributed by atoms with Crippen molar-refractivity contribution in [2.75, 3.05) is 27.3 Å². The number of carbonyl (C=O) groups is 1. The molecule has 0 aliphatic carbocycles. The normalized spacial score (nSPS) is 23.7. The van der Waals surface area contributed by atoms with Gasteiger partial charge < -0.3 is 10.1 Å². The fourth-order valence-corrected chi connectivity index (χ4v) is 2.70. The van der Waals surface area contributed by atoms with Crippen molar-refractivity contribution < 1.29 is 14.2 Å². The van der Waals surface area contributed by atoms with Gasteiger partial charge in [0.1, 0.15) is 16.9 Å². The van der Waals surface area contributed by atoms with Gasteiger partial charge in [0.15, 0.2) is 0 Å². The van der Waals surface area contributed by atoms with Crippen LogP contribution in [0.15, 0.2) is 4.63 Å². The molecule has 19 heavy (non-hydrogen) atoms. The predicted molar refractivity (Wildman–Crippen MR) is 67.4 cm³/mol. The zero-order chi connectivity index (χ0) is 13.9. The van der Waals surface area contributed by atoms with Crippen LogP contribution in [-0.2, 0) is 16.1 Å². The van der Waals surface area contributed by atoms with Crippen molar-refractivity contribution in [2.24, 2.45) is 0 Å². The second kappa shape index (κ2) is 5.66. The van der Waals surface area contributed by atoms with Crippen molar-refractivity contribution in [1.82, 2.24) is 20.5 Å². The van der Waals surface area contributed by atoms with E-state index in [0.717, 1.165) is 30.8 Å². The van der Waals surface area contributed by atoms with Crippen molar-refractivity contribution >= 4 is 5.91 Å². The highest BCUT2D eigenvalue weighted by Gasteiger charge is 2.47. The number of likely N-dealkylation sites (N-methyl/N-ethyl adjacent to an activating group) is 1. The number of hydrogen-bond donors (Lipinski definition) is 1. The maximum absolute atomic E-state index is 12.3. The molecule has 1 aliphatic rings. The molecule has 0 spiro atoms. The molecule has 2 heterocycles. The van der Waals surface area contributed by atoms with Gasteiger partial charge in [-0.05, 0) is 26.3 Å². The Balaban J connectivity index is 2.22. The van der Waals surface area contributed by atoms with E-state index in [2.05, 4.69) is 20.5 Å². The Morgan fingerprint density at radius 1 is 1.58 bits per heavy atom. The predicted octanol–water partition coefficient (Wildman–Crippen LogP) is 0.105. The van der Waals surface area contributed by atoms with Crippen LogP contribution in [0.2, 0.25) is 0 Å². The molecule has 1 N–H and O–H groups in total. The standard InChI is InChI=1S/C12H20N4O3/c1-9-10(15-19-14-9)7-16-6-4-5-12(16,8-18-3)11(17)13-2/h4-8H2,1-3H3,(H,13,17). The van der Waals surface area contributed by atoms with Gasteiger partial charge in [-0.3, -0.25) is 9.69 Å². The minimum Gasteiger partial charge on any atom is -0.382 e. The van der Waals surface area contributed by atoms with Crippen molar-refractivity contribution in [1.29, 1.82) is 0 Å². The lowest BCUT2D eigenvalue weighted by Gasteiger charge is -2.35. The van der Waals surface area contributed by atoms with Crippen LogP contribution >= 0.6 is 0 Å². The fourth-order valence-electron chi connectivity index (χ4n) is 2.70. The van der Waals surface area contributed by atoms with Crippen molar-refractivity contribution in [3.05, 3.63) is 11.4 Å². The highest BCUT2D eigenvalue weighted by atomic mass is 16.6. The van der Waals surface area contributed by atoms with E-state index in [1.54, 1.807) is 14.2 Å². The fraction of sp³-hybridized carbons (Fsp3) is 0.750. The quantitative estimate of drug-likeness (QED) is 0.816. The topological polar surface area (TPSA) is 80.5 Å². The van der Waals surface area contributed by atoms with Crippen LogP contribution < -0.4 is 5.32 Å². The van der Waals surface area contributed by atoms with E-state index in [9.17, 15) is 4.79 Å². The summed E-state index contributed by atoms with van der Waals surface area (Å²) in [5.74, 6) is -0.0130. The zero-order valence-corrected chi connectivity index (χ0v) is 11.6. The van der Waals surface area contributed by atoms with E-state index in [1.807, 2.05) is 6.92 Å². The van der Waals surface area contributed by atoms with Crippen LogP contribution in [0.3, 0.4) is 0 Å². The molecule has 1 aromatic rings. The first-order valence-electron chi connectivity index (χ1n) is 6.38. The molecule has 1 fully saturated rings. The summed E-state index contributed by atoms with van der Waals surface area (Å²) >= 11 is 0. The van der Waals surface area contributed by atoms with Crippen molar-refractivity contribution in [3.63, 3.8) is 0 Å². The molecule has 1 amide bonds. The molecule has 106 valence electrons. The SMILES string of the molecule is CNC(=O)C1(COC)CCCN1Cc1nonc1C. The lowest BCUT2D eigenvalue weighted by atomic mass is 9.95. The molecule has 2 rings (SSSR count). The second-order valence-electron chi connectivity index (χ2n) is 4.87. The van der Waals surface area contributed by atoms with Crippen LogP contribution in [0, 0.1) is 6.92 Å². The average molecular weight is 268 g/mol. The highest BCUT2D eigenvalue weighted by Crippen LogP contribution is 2.31. The number of aryl methyl sites for hydroxylation is 1. The van der Waals surface area contributed by atoms with E-state index >= 15 is 0 Å². The highest BCUT2D eigenvalue weighted by molar-refractivity contribution is 5.86. The van der Waals surface area contributed by atoms with E-state index in [4.69, 9.17) is 9.37 Å². The molecule has 7 nitrogen and oxygen atoms in total. The molecule has 7 heteroatoms. The number of rotatable bonds is 5. The Morgan fingerprint density at radius 3 is 2.95 bits per heavy atom. The van der Waals surface area contributed by atoms with Gasteiger partial charge in [-0.2, -0.15) is 0 Å². The molecular formula is C12H20N4O3. The number of nitrogens with one attached hydrogen (secondary N) is 1. The third-order valence-corrected chi connectivity index (χ3v) is 3.74. The van der Waals surface area contributed by atoms with Crippen LogP contribution in [-0.4, -0.2) is 54.0 Å². The average Bonchev–Trinajstić information content (AvgIpc) is 2.98. The first-order valence-corrected chi connectivity index (χ1v) is 6.38. The van der Waals surface area contributed by atoms with Gasteiger partial charge in [0, 0.05) is 20.7 Å². The van der Waals surface area contributed by atoms with E-state index in [1.165, 1.54) is 0 Å². The smallest absolute Gasteiger partial charge is 0.242 e. The molecule has 1 unspecified atom stereocenters. The van der Waals surface area contributed by atoms with Crippen LogP contribution in [0.25, 0.3) is 0 Å². The lowest BCUT2D eigenvalue weighted by molar-refractivity contribution is -0.135. The zero-order valence-electron chi connectivity index (χ0n) is 11.6. The Bertz CT molecular complexity index is 448. The molecule has 0 aromatic carbocycles. The van der Waals surface area contributed by atoms with Crippen LogP contribution in [0.4, 0.5) is 0 Å². The number of carbonyl (C=O) groups excluding carboxylic acids is 1. The Morgan fingerprint density at radius 2 is 2.37 bits per heavy atom. The maximum atomic E-state index is 12.3. The van der Waals surface area contributed by atoms with Gasteiger partial charge in [-0.1, -0.05) is 10.3 Å². The molecule has 0 saturated carbocycles. The number of hydrogen-bond acceptors (Lipinski definition) is 6. The molecule has 1 saturated heterocycles. The van der Waals surface area contributed by atoms with Crippen molar-refractivity contribution in [3.8, 4) is 0 Å². The summed E-state index contributed by atoms with van der Waals surface area (Å²) in [5.41, 5.74) is 0.913. The summed E-state index contributed by atoms with van der Waals surface area (Å²) in [6.07, 6.45) is 1.74. The van der Waals surface area contributed by atoms with Gasteiger partial charge in [-0.25, -0.2) is 4.63 Å². The number of amides is 1. The monoisotopic (exact) mass is 268 g/mol. The number of nitrogens with zero attached hydrogens (tertiary/aromatic N) is 3. The van der Waals surface area contributed by atoms with Crippen LogP contribution in [0.1, 0.15) is 24.2 Å². The van der Waals surface area contributed by atoms with E-state index in [-0.39, 0.29) is 5.91 Å². The summed E-state index contributed by atoms with van der Waals surface area (Å²) in [5, 5.41) is 10.4. The maximum Gasteiger partial charge on any atom is 0.242 e. The van der Waals surface area contributed by atoms with Crippen molar-refractivity contribution in [2.45, 2.75) is 31.8 Å². The number of likely N-dealkylation sites (tertiary alicyclic amines) is 1. The molecule has 0 radical (unpaired) electrons. The molecule has 1 atom stereocenters. The van der Waals surface area contributed by atoms with Gasteiger partial charge in [0.25, 0.3) is 0 Å². The second-order valence-corrected chi connectivity index (χ2v) is 4.87. The summed E-state index contributed by atoms with van der Waals surface area (Å²) in [4.78, 5) is 14.4. The molecule has 1 aliphatic heterocycles. The summed E-state index contributed by atoms with van der Waals surface area (Å²) in [6, 6.07) is 0. The minimum atomic E-state index is -0.616. The van der Waals surface area contributed by atoms with Gasteiger partial charge >= 0.3 is 0 Å². The molecule has 1 aromatic heterocycles. The van der Waals surface area contributed by atoms with Gasteiger partial charge in [0.2, 0.25) is 5.91 Å². The third-order valence-electron chi connectivity index (χ3n) is 3.74. The Labute approximate surface area is 112 Å². The Kier molecular flexibility index (Phi) is 4.16. The number of ether oxygens (including phenoxy) is 1. The van der Waals surface area contributed by atoms with E-state index < -0.39 is 5.54 Å². The number of methoxy groups -OCH3 is 1. The Hall–Kier alpha value is -1.47. The first kappa shape index (κ1) is 14.0. The summed E-state index contributed by atoms with van der Waals surface area (Å²) in [6.45, 7) is 3.60. The van der Waals surface area contributed by atoms with E-state index in [0.29, 0.717) is 13.2 Å². The van der Waals surface area contributed by atoms with Gasteiger partial charge in [-0.15, -0.1) is 0 Å². The first-order chi connectivity index (χ1) is 9.14. The largest absolute Gasteiger partial charge is 0.382 e. The third kappa shape index (κ3) is 2.48. The molecular weight excluding hydrogens is 248 g/mol.